The van der Waals surface area contributed by atoms with Crippen LogP contribution in [0.2, 0.25) is 5.02 Å². The van der Waals surface area contributed by atoms with Crippen LogP contribution in [0.4, 0.5) is 10.5 Å². The summed E-state index contributed by atoms with van der Waals surface area (Å²) in [6, 6.07) is 20.9. The Labute approximate surface area is 216 Å². The van der Waals surface area contributed by atoms with Gasteiger partial charge in [0.25, 0.3) is 0 Å². The summed E-state index contributed by atoms with van der Waals surface area (Å²) >= 11 is 6.14. The molecule has 0 bridgehead atoms. The van der Waals surface area contributed by atoms with E-state index in [2.05, 4.69) is 66.9 Å². The summed E-state index contributed by atoms with van der Waals surface area (Å²) < 4.78 is 7.84. The van der Waals surface area contributed by atoms with E-state index in [4.69, 9.17) is 16.3 Å². The van der Waals surface area contributed by atoms with Crippen molar-refractivity contribution in [3.63, 3.8) is 0 Å². The monoisotopic (exact) mass is 590 g/mol. The van der Waals surface area contributed by atoms with E-state index in [1.165, 1.54) is 27.5 Å². The number of halogens is 2. The van der Waals surface area contributed by atoms with Crippen molar-refractivity contribution in [2.45, 2.75) is 39.3 Å². The molecular formula is C27H30ClIN3O2-. The fourth-order valence-corrected chi connectivity index (χ4v) is 6.19. The number of carbonyl (C=O) groups is 1. The van der Waals surface area contributed by atoms with Gasteiger partial charge in [-0.15, -0.1) is 0 Å². The number of fused-ring (bicyclic) bond motifs is 3. The Morgan fingerprint density at radius 3 is 2.53 bits per heavy atom. The van der Waals surface area contributed by atoms with Gasteiger partial charge in [0.2, 0.25) is 0 Å². The van der Waals surface area contributed by atoms with E-state index < -0.39 is 11.7 Å². The van der Waals surface area contributed by atoms with Gasteiger partial charge in [-0.3, -0.25) is 0 Å². The van der Waals surface area contributed by atoms with Crippen molar-refractivity contribution in [3.05, 3.63) is 76.8 Å². The summed E-state index contributed by atoms with van der Waals surface area (Å²) in [6.45, 7) is 6.84. The molecule has 34 heavy (non-hydrogen) atoms. The van der Waals surface area contributed by atoms with Crippen molar-refractivity contribution in [2.75, 3.05) is 16.8 Å². The van der Waals surface area contributed by atoms with Crippen molar-refractivity contribution in [1.82, 2.24) is 8.10 Å². The molecule has 3 aromatic carbocycles. The van der Waals surface area contributed by atoms with Crippen LogP contribution in [-0.4, -0.2) is 26.0 Å². The van der Waals surface area contributed by atoms with E-state index in [1.54, 1.807) is 0 Å². The Morgan fingerprint density at radius 2 is 1.82 bits per heavy atom. The van der Waals surface area contributed by atoms with Gasteiger partial charge in [-0.1, -0.05) is 0 Å². The number of nitrogens with zero attached hydrogens (tertiary/aromatic N) is 1. The van der Waals surface area contributed by atoms with Gasteiger partial charge in [0.05, 0.1) is 0 Å². The number of carbonyl (C=O) groups excluding carboxylic acids is 1. The van der Waals surface area contributed by atoms with Crippen LogP contribution < -0.4 is 32.1 Å². The molecular weight excluding hydrogens is 561 g/mol. The standard InChI is InChI=1S/C27H30ClIN3O2/c1-27(2,3)34-26(33)30-13-12-19-14-21(31-17-18-8-6-5-7-9-18)16-23-22-15-20(28)10-11-24(22)32(29-4)25(19)23/h5-11,14-16,31H,12-13,17H2,1-4H3,(H,30,33)/q-1. The molecule has 1 heterocycles. The van der Waals surface area contributed by atoms with E-state index in [1.807, 2.05) is 32.9 Å². The zero-order chi connectivity index (χ0) is 24.3. The average Bonchev–Trinajstić information content (AvgIpc) is 3.10. The van der Waals surface area contributed by atoms with E-state index in [-0.39, 0.29) is 21.5 Å². The Morgan fingerprint density at radius 1 is 1.06 bits per heavy atom. The first-order valence-corrected chi connectivity index (χ1v) is 14.8. The second-order valence-electron chi connectivity index (χ2n) is 9.16. The first kappa shape index (κ1) is 24.7. The zero-order valence-corrected chi connectivity index (χ0v) is 22.8. The number of ether oxygens (including phenoxy) is 1. The molecule has 1 amide bonds. The minimum atomic E-state index is -0.517. The Hall–Kier alpha value is -2.45. The maximum atomic E-state index is 12.2. The molecule has 4 rings (SSSR count). The number of amides is 1. The molecule has 1 aromatic heterocycles. The van der Waals surface area contributed by atoms with Gasteiger partial charge in [0, 0.05) is 0 Å². The van der Waals surface area contributed by atoms with Crippen molar-refractivity contribution in [2.24, 2.45) is 0 Å². The number of anilines is 1. The van der Waals surface area contributed by atoms with Gasteiger partial charge in [-0.05, 0) is 0 Å². The van der Waals surface area contributed by atoms with Crippen LogP contribution in [0.25, 0.3) is 21.8 Å². The van der Waals surface area contributed by atoms with Crippen LogP contribution in [0.1, 0.15) is 31.9 Å². The number of alkyl halides is 1. The third kappa shape index (κ3) is 5.78. The molecule has 0 aliphatic heterocycles. The second kappa shape index (κ2) is 10.4. The van der Waals surface area contributed by atoms with E-state index in [0.29, 0.717) is 13.0 Å². The summed E-state index contributed by atoms with van der Waals surface area (Å²) in [4.78, 5) is 14.4. The van der Waals surface area contributed by atoms with Crippen LogP contribution in [0.3, 0.4) is 0 Å². The molecule has 0 unspecified atom stereocenters. The van der Waals surface area contributed by atoms with Crippen molar-refractivity contribution in [1.29, 1.82) is 0 Å². The average molecular weight is 591 g/mol. The minimum absolute atomic E-state index is 0.246. The third-order valence-electron chi connectivity index (χ3n) is 5.42. The van der Waals surface area contributed by atoms with Crippen molar-refractivity contribution >= 4 is 45.2 Å². The Balaban J connectivity index is 1.70. The zero-order valence-electron chi connectivity index (χ0n) is 19.9. The first-order valence-electron chi connectivity index (χ1n) is 11.3. The van der Waals surface area contributed by atoms with Crippen LogP contribution in [-0.2, 0) is 17.7 Å². The SMILES string of the molecule is C[I-]n1c2ccc(Cl)cc2c2cc(NCc3ccccc3)cc(CCNC(=O)OC(C)(C)C)c21. The maximum absolute atomic E-state index is 12.2. The van der Waals surface area contributed by atoms with Crippen LogP contribution in [0.15, 0.2) is 60.7 Å². The summed E-state index contributed by atoms with van der Waals surface area (Å²) in [5.41, 5.74) is 5.38. The predicted octanol–water partition coefficient (Wildman–Crippen LogP) is 3.61. The molecule has 0 radical (unpaired) electrons. The summed E-state index contributed by atoms with van der Waals surface area (Å²) in [5.74, 6) is 0. The quantitative estimate of drug-likeness (QED) is 0.256. The topological polar surface area (TPSA) is 55.3 Å². The molecule has 5 nitrogen and oxygen atoms in total. The molecule has 4 aromatic rings. The molecule has 0 aliphatic rings. The molecule has 0 spiro atoms. The molecule has 0 aliphatic carbocycles. The number of nitrogens with one attached hydrogen (secondary N) is 2. The van der Waals surface area contributed by atoms with Gasteiger partial charge in [0.15, 0.2) is 0 Å². The van der Waals surface area contributed by atoms with Gasteiger partial charge in [-0.25, -0.2) is 0 Å². The second-order valence-corrected chi connectivity index (χ2v) is 11.5. The number of aromatic nitrogens is 1. The number of alkyl carbamates (subject to hydrolysis) is 1. The first-order chi connectivity index (χ1) is 16.2. The fraction of sp³-hybridized carbons (Fsp3) is 0.296. The fourth-order valence-electron chi connectivity index (χ4n) is 4.03. The molecule has 0 fully saturated rings. The van der Waals surface area contributed by atoms with E-state index in [0.717, 1.165) is 22.6 Å². The molecule has 2 N–H and O–H groups in total. The van der Waals surface area contributed by atoms with Gasteiger partial charge < -0.3 is 0 Å². The van der Waals surface area contributed by atoms with E-state index in [9.17, 15) is 4.79 Å². The normalized spacial score (nSPS) is 11.8. The number of hydrogen-bond donors (Lipinski definition) is 2. The molecule has 180 valence electrons. The van der Waals surface area contributed by atoms with Crippen molar-refractivity contribution in [3.8, 4) is 0 Å². The summed E-state index contributed by atoms with van der Waals surface area (Å²) in [6.07, 6.45) is 0.307. The molecule has 7 heteroatoms. The van der Waals surface area contributed by atoms with Crippen LogP contribution in [0.5, 0.6) is 0 Å². The van der Waals surface area contributed by atoms with Crippen LogP contribution in [0, 0.1) is 0 Å². The summed E-state index contributed by atoms with van der Waals surface area (Å²) in [5, 5.41) is 9.57. The summed E-state index contributed by atoms with van der Waals surface area (Å²) in [7, 11) is 0. The van der Waals surface area contributed by atoms with Crippen molar-refractivity contribution < 1.29 is 31.0 Å². The van der Waals surface area contributed by atoms with Gasteiger partial charge in [0.1, 0.15) is 0 Å². The van der Waals surface area contributed by atoms with E-state index >= 15 is 0 Å². The Kier molecular flexibility index (Phi) is 7.57. The number of hydrogen-bond acceptors (Lipinski definition) is 3. The third-order valence-corrected chi connectivity index (χ3v) is 7.62. The van der Waals surface area contributed by atoms with Crippen LogP contribution >= 0.6 is 11.6 Å². The molecule has 0 atom stereocenters. The predicted molar refractivity (Wildman–Crippen MR) is 137 cm³/mol. The number of benzene rings is 3. The molecule has 0 saturated heterocycles. The van der Waals surface area contributed by atoms with Gasteiger partial charge >= 0.3 is 217 Å². The van der Waals surface area contributed by atoms with Gasteiger partial charge in [-0.2, -0.15) is 0 Å². The Bertz CT molecular complexity index is 1310. The molecule has 0 saturated carbocycles. The number of rotatable bonds is 7.